The molecule has 5 heteroatoms. The molecule has 114 valence electrons. The molecule has 0 atom stereocenters. The largest absolute Gasteiger partial charge is 0.484 e. The average Bonchev–Trinajstić information content (AvgIpc) is 2.45. The van der Waals surface area contributed by atoms with Gasteiger partial charge < -0.3 is 15.8 Å². The van der Waals surface area contributed by atoms with Gasteiger partial charge in [-0.1, -0.05) is 6.07 Å². The Morgan fingerprint density at radius 1 is 1.18 bits per heavy atom. The third-order valence-corrected chi connectivity index (χ3v) is 3.12. The van der Waals surface area contributed by atoms with E-state index in [9.17, 15) is 9.59 Å². The van der Waals surface area contributed by atoms with Gasteiger partial charge in [0.2, 0.25) is 0 Å². The zero-order chi connectivity index (χ0) is 16.1. The predicted molar refractivity (Wildman–Crippen MR) is 86.2 cm³/mol. The first kappa shape index (κ1) is 15.6. The number of nitrogens with two attached hydrogens (primary N) is 1. The Hall–Kier alpha value is -2.82. The van der Waals surface area contributed by atoms with Crippen LogP contribution in [0.4, 0.5) is 11.4 Å². The van der Waals surface area contributed by atoms with E-state index >= 15 is 0 Å². The van der Waals surface area contributed by atoms with Crippen LogP contribution < -0.4 is 15.8 Å². The second kappa shape index (κ2) is 6.76. The van der Waals surface area contributed by atoms with Gasteiger partial charge in [-0.15, -0.1) is 0 Å². The van der Waals surface area contributed by atoms with Crippen molar-refractivity contribution >= 4 is 23.1 Å². The van der Waals surface area contributed by atoms with Gasteiger partial charge in [-0.2, -0.15) is 0 Å². The molecular formula is C17H18N2O3. The predicted octanol–water partition coefficient (Wildman–Crippen LogP) is 2.80. The fraction of sp³-hybridized carbons (Fsp3) is 0.176. The number of nitrogen functional groups attached to an aromatic ring is 1. The second-order valence-corrected chi connectivity index (χ2v) is 5.00. The highest BCUT2D eigenvalue weighted by molar-refractivity contribution is 5.97. The van der Waals surface area contributed by atoms with E-state index in [-0.39, 0.29) is 18.3 Å². The molecule has 1 amide bonds. The summed E-state index contributed by atoms with van der Waals surface area (Å²) in [6.45, 7) is 3.23. The van der Waals surface area contributed by atoms with Gasteiger partial charge in [-0.3, -0.25) is 9.59 Å². The van der Waals surface area contributed by atoms with Crippen molar-refractivity contribution in [2.45, 2.75) is 13.8 Å². The molecule has 2 aromatic carbocycles. The summed E-state index contributed by atoms with van der Waals surface area (Å²) < 4.78 is 5.37. The first-order chi connectivity index (χ1) is 10.5. The zero-order valence-corrected chi connectivity index (χ0v) is 12.6. The standard InChI is InChI=1S/C17H18N2O3/c1-11-8-14(6-7-16(11)12(2)20)19-17(21)10-22-15-5-3-4-13(18)9-15/h3-9H,10,18H2,1-2H3,(H,19,21). The second-order valence-electron chi connectivity index (χ2n) is 5.00. The summed E-state index contributed by atoms with van der Waals surface area (Å²) >= 11 is 0. The van der Waals surface area contributed by atoms with E-state index in [1.807, 2.05) is 6.92 Å². The summed E-state index contributed by atoms with van der Waals surface area (Å²) in [6.07, 6.45) is 0. The molecule has 0 aliphatic heterocycles. The first-order valence-electron chi connectivity index (χ1n) is 6.85. The van der Waals surface area contributed by atoms with Crippen molar-refractivity contribution < 1.29 is 14.3 Å². The van der Waals surface area contributed by atoms with Crippen LogP contribution in [0.15, 0.2) is 42.5 Å². The van der Waals surface area contributed by atoms with Crippen molar-refractivity contribution in [1.29, 1.82) is 0 Å². The van der Waals surface area contributed by atoms with E-state index in [0.29, 0.717) is 22.7 Å². The lowest BCUT2D eigenvalue weighted by atomic mass is 10.0. The van der Waals surface area contributed by atoms with Gasteiger partial charge in [-0.25, -0.2) is 0 Å². The smallest absolute Gasteiger partial charge is 0.262 e. The number of aryl methyl sites for hydroxylation is 1. The molecule has 0 aromatic heterocycles. The summed E-state index contributed by atoms with van der Waals surface area (Å²) in [5.41, 5.74) is 8.31. The number of nitrogens with one attached hydrogen (secondary N) is 1. The van der Waals surface area contributed by atoms with Crippen LogP contribution in [0.3, 0.4) is 0 Å². The third kappa shape index (κ3) is 4.09. The Bertz CT molecular complexity index is 711. The van der Waals surface area contributed by atoms with Gasteiger partial charge in [0.25, 0.3) is 5.91 Å². The van der Waals surface area contributed by atoms with Gasteiger partial charge in [0.15, 0.2) is 12.4 Å². The van der Waals surface area contributed by atoms with Crippen molar-refractivity contribution in [3.63, 3.8) is 0 Å². The Morgan fingerprint density at radius 2 is 1.95 bits per heavy atom. The fourth-order valence-electron chi connectivity index (χ4n) is 2.09. The zero-order valence-electron chi connectivity index (χ0n) is 12.6. The van der Waals surface area contributed by atoms with Gasteiger partial charge in [0.05, 0.1) is 0 Å². The summed E-state index contributed by atoms with van der Waals surface area (Å²) in [6, 6.07) is 12.0. The molecule has 2 aromatic rings. The number of amides is 1. The van der Waals surface area contributed by atoms with Crippen LogP contribution in [0, 0.1) is 6.92 Å². The number of rotatable bonds is 5. The molecule has 3 N–H and O–H groups in total. The maximum Gasteiger partial charge on any atom is 0.262 e. The van der Waals surface area contributed by atoms with E-state index < -0.39 is 0 Å². The molecule has 2 rings (SSSR count). The maximum absolute atomic E-state index is 11.9. The summed E-state index contributed by atoms with van der Waals surface area (Å²) in [5, 5.41) is 2.73. The van der Waals surface area contributed by atoms with Crippen LogP contribution in [0.25, 0.3) is 0 Å². The molecule has 0 fully saturated rings. The minimum atomic E-state index is -0.280. The fourth-order valence-corrected chi connectivity index (χ4v) is 2.09. The van der Waals surface area contributed by atoms with Crippen LogP contribution >= 0.6 is 0 Å². The molecule has 0 spiro atoms. The SMILES string of the molecule is CC(=O)c1ccc(NC(=O)COc2cccc(N)c2)cc1C. The number of carbonyl (C=O) groups excluding carboxylic acids is 2. The third-order valence-electron chi connectivity index (χ3n) is 3.12. The number of ether oxygens (including phenoxy) is 1. The number of anilines is 2. The van der Waals surface area contributed by atoms with E-state index in [2.05, 4.69) is 5.32 Å². The molecule has 5 nitrogen and oxygen atoms in total. The summed E-state index contributed by atoms with van der Waals surface area (Å²) in [5.74, 6) is 0.260. The van der Waals surface area contributed by atoms with Crippen molar-refractivity contribution in [3.8, 4) is 5.75 Å². The molecule has 0 radical (unpaired) electrons. The van der Waals surface area contributed by atoms with Gasteiger partial charge in [-0.05, 0) is 49.7 Å². The quantitative estimate of drug-likeness (QED) is 0.657. The van der Waals surface area contributed by atoms with Gasteiger partial charge >= 0.3 is 0 Å². The highest BCUT2D eigenvalue weighted by Crippen LogP contribution is 2.17. The van der Waals surface area contributed by atoms with E-state index in [1.165, 1.54) is 6.92 Å². The minimum absolute atomic E-state index is 0.000348. The van der Waals surface area contributed by atoms with Gasteiger partial charge in [0, 0.05) is 23.0 Å². The van der Waals surface area contributed by atoms with Crippen molar-refractivity contribution in [3.05, 3.63) is 53.6 Å². The number of hydrogen-bond acceptors (Lipinski definition) is 4. The van der Waals surface area contributed by atoms with E-state index in [1.54, 1.807) is 42.5 Å². The Kier molecular flexibility index (Phi) is 4.78. The molecule has 0 saturated carbocycles. The lowest BCUT2D eigenvalue weighted by molar-refractivity contribution is -0.118. The van der Waals surface area contributed by atoms with Crippen LogP contribution in [0.1, 0.15) is 22.8 Å². The van der Waals surface area contributed by atoms with Crippen molar-refractivity contribution in [2.75, 3.05) is 17.7 Å². The first-order valence-corrected chi connectivity index (χ1v) is 6.85. The van der Waals surface area contributed by atoms with Gasteiger partial charge in [0.1, 0.15) is 5.75 Å². The van der Waals surface area contributed by atoms with Crippen LogP contribution in [0.5, 0.6) is 5.75 Å². The number of ketones is 1. The highest BCUT2D eigenvalue weighted by Gasteiger charge is 2.07. The number of Topliss-reactive ketones (excluding diaryl/α,β-unsaturated/α-hetero) is 1. The molecular weight excluding hydrogens is 280 g/mol. The Labute approximate surface area is 129 Å². The number of carbonyl (C=O) groups is 2. The average molecular weight is 298 g/mol. The lowest BCUT2D eigenvalue weighted by Gasteiger charge is -2.09. The molecule has 22 heavy (non-hydrogen) atoms. The monoisotopic (exact) mass is 298 g/mol. The van der Waals surface area contributed by atoms with Crippen LogP contribution in [0.2, 0.25) is 0 Å². The minimum Gasteiger partial charge on any atom is -0.484 e. The van der Waals surface area contributed by atoms with Crippen LogP contribution in [-0.2, 0) is 4.79 Å². The topological polar surface area (TPSA) is 81.4 Å². The maximum atomic E-state index is 11.9. The molecule has 0 unspecified atom stereocenters. The van der Waals surface area contributed by atoms with E-state index in [4.69, 9.17) is 10.5 Å². The van der Waals surface area contributed by atoms with Crippen molar-refractivity contribution in [1.82, 2.24) is 0 Å². The number of hydrogen-bond donors (Lipinski definition) is 2. The summed E-state index contributed by atoms with van der Waals surface area (Å²) in [7, 11) is 0. The van der Waals surface area contributed by atoms with Crippen LogP contribution in [-0.4, -0.2) is 18.3 Å². The molecule has 0 heterocycles. The molecule has 0 aliphatic rings. The summed E-state index contributed by atoms with van der Waals surface area (Å²) in [4.78, 5) is 23.2. The Balaban J connectivity index is 1.95. The molecule has 0 saturated heterocycles. The normalized spacial score (nSPS) is 10.1. The highest BCUT2D eigenvalue weighted by atomic mass is 16.5. The van der Waals surface area contributed by atoms with Crippen molar-refractivity contribution in [2.24, 2.45) is 0 Å². The lowest BCUT2D eigenvalue weighted by Crippen LogP contribution is -2.20. The molecule has 0 aliphatic carbocycles. The number of benzene rings is 2. The van der Waals surface area contributed by atoms with E-state index in [0.717, 1.165) is 5.56 Å². The Morgan fingerprint density at radius 3 is 2.59 bits per heavy atom. The molecule has 0 bridgehead atoms.